The van der Waals surface area contributed by atoms with Gasteiger partial charge in [-0.05, 0) is 28.7 Å². The van der Waals surface area contributed by atoms with Gasteiger partial charge in [0.25, 0.3) is 11.6 Å². The number of nitrogens with zero attached hydrogens (tertiary/aromatic N) is 2. The van der Waals surface area contributed by atoms with Gasteiger partial charge in [0.1, 0.15) is 0 Å². The number of nitrogens with one attached hydrogen (secondary N) is 1. The van der Waals surface area contributed by atoms with Crippen LogP contribution in [0.15, 0.2) is 23.6 Å². The number of amides is 1. The topological polar surface area (TPSA) is 85.1 Å². The Hall–Kier alpha value is -1.55. The molecule has 0 aliphatic heterocycles. The zero-order valence-corrected chi connectivity index (χ0v) is 15.0. The van der Waals surface area contributed by atoms with E-state index in [1.54, 1.807) is 17.4 Å². The number of benzene rings is 1. The molecule has 0 radical (unpaired) electrons. The van der Waals surface area contributed by atoms with Crippen LogP contribution in [0.2, 0.25) is 0 Å². The van der Waals surface area contributed by atoms with E-state index in [9.17, 15) is 14.9 Å². The highest BCUT2D eigenvalue weighted by atomic mass is 127. The van der Waals surface area contributed by atoms with Crippen molar-refractivity contribution in [3.8, 4) is 0 Å². The maximum Gasteiger partial charge on any atom is 0.270 e. The normalized spacial score (nSPS) is 10.7. The highest BCUT2D eigenvalue weighted by molar-refractivity contribution is 14.1. The van der Waals surface area contributed by atoms with Crippen molar-refractivity contribution in [1.82, 2.24) is 10.3 Å². The van der Waals surface area contributed by atoms with E-state index < -0.39 is 4.92 Å². The summed E-state index contributed by atoms with van der Waals surface area (Å²) in [7, 11) is 0. The Morgan fingerprint density at radius 1 is 1.50 bits per heavy atom. The number of carbonyl (C=O) groups is 1. The number of nitro groups is 1. The van der Waals surface area contributed by atoms with Crippen molar-refractivity contribution >= 4 is 45.5 Å². The summed E-state index contributed by atoms with van der Waals surface area (Å²) in [6.45, 7) is 4.43. The standard InChI is InChI=1S/C14H14IN3O3S/c1-8(2)14-17-9(7-22-14)6-16-13(19)11-5-10(18(20)21)3-4-12(11)15/h3-5,7-8H,6H2,1-2H3,(H,16,19). The number of halogens is 1. The van der Waals surface area contributed by atoms with E-state index in [1.165, 1.54) is 12.1 Å². The molecule has 1 aromatic heterocycles. The largest absolute Gasteiger partial charge is 0.346 e. The second-order valence-electron chi connectivity index (χ2n) is 4.94. The van der Waals surface area contributed by atoms with Crippen molar-refractivity contribution in [3.05, 3.63) is 53.5 Å². The Labute approximate surface area is 145 Å². The summed E-state index contributed by atoms with van der Waals surface area (Å²) in [6.07, 6.45) is 0. The molecule has 0 bridgehead atoms. The summed E-state index contributed by atoms with van der Waals surface area (Å²) in [5.41, 5.74) is 0.998. The zero-order valence-electron chi connectivity index (χ0n) is 12.0. The van der Waals surface area contributed by atoms with Gasteiger partial charge in [0.2, 0.25) is 0 Å². The number of non-ortho nitro benzene ring substituents is 1. The fourth-order valence-corrected chi connectivity index (χ4v) is 3.15. The van der Waals surface area contributed by atoms with Crippen LogP contribution in [-0.2, 0) is 6.54 Å². The molecule has 0 unspecified atom stereocenters. The van der Waals surface area contributed by atoms with Crippen molar-refractivity contribution in [2.75, 3.05) is 0 Å². The van der Waals surface area contributed by atoms with E-state index in [-0.39, 0.29) is 11.6 Å². The van der Waals surface area contributed by atoms with Crippen molar-refractivity contribution in [2.45, 2.75) is 26.3 Å². The maximum atomic E-state index is 12.2. The third-order valence-corrected chi connectivity index (χ3v) is 5.03. The van der Waals surface area contributed by atoms with Crippen LogP contribution in [0.5, 0.6) is 0 Å². The SMILES string of the molecule is CC(C)c1nc(CNC(=O)c2cc([N+](=O)[O-])ccc2I)cs1. The molecule has 0 fully saturated rings. The first-order valence-corrected chi connectivity index (χ1v) is 8.50. The Bertz CT molecular complexity index is 715. The first-order valence-electron chi connectivity index (χ1n) is 6.55. The second kappa shape index (κ2) is 7.14. The number of aromatic nitrogens is 1. The summed E-state index contributed by atoms with van der Waals surface area (Å²) in [4.78, 5) is 26.9. The molecule has 0 atom stereocenters. The Morgan fingerprint density at radius 2 is 2.23 bits per heavy atom. The molecule has 116 valence electrons. The second-order valence-corrected chi connectivity index (χ2v) is 6.99. The maximum absolute atomic E-state index is 12.2. The summed E-state index contributed by atoms with van der Waals surface area (Å²) in [6, 6.07) is 4.24. The number of carbonyl (C=O) groups excluding carboxylic acids is 1. The van der Waals surface area contributed by atoms with Gasteiger partial charge in [-0.1, -0.05) is 13.8 Å². The van der Waals surface area contributed by atoms with Gasteiger partial charge in [0.05, 0.1) is 27.7 Å². The lowest BCUT2D eigenvalue weighted by atomic mass is 10.2. The minimum Gasteiger partial charge on any atom is -0.346 e. The zero-order chi connectivity index (χ0) is 16.3. The van der Waals surface area contributed by atoms with Crippen LogP contribution in [0.1, 0.15) is 40.8 Å². The van der Waals surface area contributed by atoms with E-state index in [0.717, 1.165) is 10.7 Å². The van der Waals surface area contributed by atoms with Crippen LogP contribution in [0.4, 0.5) is 5.69 Å². The molecule has 2 rings (SSSR count). The lowest BCUT2D eigenvalue weighted by Crippen LogP contribution is -2.24. The monoisotopic (exact) mass is 431 g/mol. The van der Waals surface area contributed by atoms with E-state index in [0.29, 0.717) is 21.6 Å². The number of thiazole rings is 1. The lowest BCUT2D eigenvalue weighted by molar-refractivity contribution is -0.384. The van der Waals surface area contributed by atoms with E-state index in [2.05, 4.69) is 24.1 Å². The van der Waals surface area contributed by atoms with Crippen LogP contribution in [-0.4, -0.2) is 15.8 Å². The van der Waals surface area contributed by atoms with Gasteiger partial charge in [0.15, 0.2) is 0 Å². The number of rotatable bonds is 5. The van der Waals surface area contributed by atoms with Crippen molar-refractivity contribution < 1.29 is 9.72 Å². The van der Waals surface area contributed by atoms with Crippen molar-refractivity contribution in [2.24, 2.45) is 0 Å². The molecule has 8 heteroatoms. The first-order chi connectivity index (χ1) is 10.4. The van der Waals surface area contributed by atoms with Gasteiger partial charge in [-0.2, -0.15) is 0 Å². The molecular weight excluding hydrogens is 417 g/mol. The van der Waals surface area contributed by atoms with Crippen LogP contribution in [0.3, 0.4) is 0 Å². The summed E-state index contributed by atoms with van der Waals surface area (Å²) < 4.78 is 0.668. The third-order valence-electron chi connectivity index (χ3n) is 2.90. The average molecular weight is 431 g/mol. The Morgan fingerprint density at radius 3 is 2.82 bits per heavy atom. The van der Waals surface area contributed by atoms with E-state index >= 15 is 0 Å². The van der Waals surface area contributed by atoms with Crippen molar-refractivity contribution in [1.29, 1.82) is 0 Å². The van der Waals surface area contributed by atoms with E-state index in [4.69, 9.17) is 0 Å². The quantitative estimate of drug-likeness (QED) is 0.445. The Balaban J connectivity index is 2.08. The molecule has 1 aromatic carbocycles. The van der Waals surface area contributed by atoms with Gasteiger partial charge >= 0.3 is 0 Å². The molecule has 0 saturated carbocycles. The molecule has 6 nitrogen and oxygen atoms in total. The molecule has 0 spiro atoms. The minimum absolute atomic E-state index is 0.0960. The van der Waals surface area contributed by atoms with Gasteiger partial charge in [0, 0.05) is 27.0 Å². The van der Waals surface area contributed by atoms with Crippen LogP contribution in [0, 0.1) is 13.7 Å². The van der Waals surface area contributed by atoms with Gasteiger partial charge < -0.3 is 5.32 Å². The average Bonchev–Trinajstić information content (AvgIpc) is 2.94. The summed E-state index contributed by atoms with van der Waals surface area (Å²) in [5.74, 6) is 0.0133. The number of hydrogen-bond donors (Lipinski definition) is 1. The Kier molecular flexibility index (Phi) is 5.46. The minimum atomic E-state index is -0.512. The van der Waals surface area contributed by atoms with Crippen LogP contribution < -0.4 is 5.32 Å². The third kappa shape index (κ3) is 4.01. The molecule has 2 aromatic rings. The molecule has 1 amide bonds. The van der Waals surface area contributed by atoms with E-state index in [1.807, 2.05) is 28.0 Å². The van der Waals surface area contributed by atoms with Crippen LogP contribution >= 0.6 is 33.9 Å². The fraction of sp³-hybridized carbons (Fsp3) is 0.286. The molecule has 0 aliphatic rings. The molecule has 1 heterocycles. The highest BCUT2D eigenvalue weighted by Gasteiger charge is 2.16. The molecule has 1 N–H and O–H groups in total. The molecule has 0 aliphatic carbocycles. The fourth-order valence-electron chi connectivity index (χ4n) is 1.74. The first kappa shape index (κ1) is 16.8. The highest BCUT2D eigenvalue weighted by Crippen LogP contribution is 2.21. The number of nitro benzene ring substituents is 1. The molecule has 22 heavy (non-hydrogen) atoms. The smallest absolute Gasteiger partial charge is 0.270 e. The van der Waals surface area contributed by atoms with Crippen molar-refractivity contribution in [3.63, 3.8) is 0 Å². The van der Waals surface area contributed by atoms with Gasteiger partial charge in [-0.15, -0.1) is 11.3 Å². The van der Waals surface area contributed by atoms with Gasteiger partial charge in [-0.3, -0.25) is 14.9 Å². The predicted octanol–water partition coefficient (Wildman–Crippen LogP) is 3.71. The number of hydrogen-bond acceptors (Lipinski definition) is 5. The summed E-state index contributed by atoms with van der Waals surface area (Å²) in [5, 5.41) is 16.5. The molecule has 0 saturated heterocycles. The van der Waals surface area contributed by atoms with Crippen LogP contribution in [0.25, 0.3) is 0 Å². The summed E-state index contributed by atoms with van der Waals surface area (Å²) >= 11 is 3.55. The molecular formula is C14H14IN3O3S. The lowest BCUT2D eigenvalue weighted by Gasteiger charge is -2.05. The predicted molar refractivity (Wildman–Crippen MR) is 93.2 cm³/mol. The van der Waals surface area contributed by atoms with Gasteiger partial charge in [-0.25, -0.2) is 4.98 Å².